The van der Waals surface area contributed by atoms with Gasteiger partial charge in [-0.3, -0.25) is 4.98 Å². The fraction of sp³-hybridized carbons (Fsp3) is 0.450. The van der Waals surface area contributed by atoms with E-state index in [9.17, 15) is 13.5 Å². The highest BCUT2D eigenvalue weighted by Crippen LogP contribution is 2.46. The summed E-state index contributed by atoms with van der Waals surface area (Å²) in [5.41, 5.74) is 0.546. The molecule has 0 amide bonds. The molecule has 1 aromatic carbocycles. The molecule has 0 spiro atoms. The van der Waals surface area contributed by atoms with Crippen LogP contribution in [-0.2, 0) is 22.0 Å². The molecule has 26 heavy (non-hydrogen) atoms. The second kappa shape index (κ2) is 6.67. The van der Waals surface area contributed by atoms with Gasteiger partial charge in [-0.25, -0.2) is 8.42 Å². The van der Waals surface area contributed by atoms with Gasteiger partial charge in [-0.2, -0.15) is 0 Å². The van der Waals surface area contributed by atoms with E-state index in [2.05, 4.69) is 4.98 Å². The Balaban J connectivity index is 1.54. The van der Waals surface area contributed by atoms with Crippen molar-refractivity contribution in [1.82, 2.24) is 4.98 Å². The minimum atomic E-state index is -3.11. The van der Waals surface area contributed by atoms with E-state index in [0.717, 1.165) is 12.0 Å². The third kappa shape index (κ3) is 3.23. The second-order valence-electron chi connectivity index (χ2n) is 7.39. The summed E-state index contributed by atoms with van der Waals surface area (Å²) < 4.78 is 30.8. The zero-order chi connectivity index (χ0) is 18.2. The number of hydrogen-bond donors (Lipinski definition) is 1. The Morgan fingerprint density at radius 3 is 2.50 bits per heavy atom. The number of aliphatic hydroxyl groups is 1. The van der Waals surface area contributed by atoms with Crippen LogP contribution in [-0.4, -0.2) is 29.0 Å². The van der Waals surface area contributed by atoms with Crippen LogP contribution in [0.25, 0.3) is 0 Å². The summed E-state index contributed by atoms with van der Waals surface area (Å²) in [4.78, 5) is 4.21. The minimum absolute atomic E-state index is 0.246. The summed E-state index contributed by atoms with van der Waals surface area (Å²) in [5.74, 6) is 0.582. The smallest absolute Gasteiger partial charge is 0.156 e. The molecule has 2 atom stereocenters. The van der Waals surface area contributed by atoms with Crippen LogP contribution in [0.1, 0.15) is 43.2 Å². The number of hydrogen-bond acceptors (Lipinski definition) is 5. The number of fused-ring (bicyclic) bond motifs is 2. The van der Waals surface area contributed by atoms with E-state index in [0.29, 0.717) is 30.8 Å². The Hall–Kier alpha value is -1.92. The lowest BCUT2D eigenvalue weighted by atomic mass is 9.81. The van der Waals surface area contributed by atoms with Crippen molar-refractivity contribution in [3.05, 3.63) is 59.9 Å². The number of pyridine rings is 1. The fourth-order valence-corrected chi connectivity index (χ4v) is 6.73. The second-order valence-corrected chi connectivity index (χ2v) is 9.90. The van der Waals surface area contributed by atoms with E-state index in [1.54, 1.807) is 18.5 Å². The third-order valence-electron chi connectivity index (χ3n) is 5.61. The van der Waals surface area contributed by atoms with E-state index in [4.69, 9.17) is 4.74 Å². The van der Waals surface area contributed by atoms with Crippen molar-refractivity contribution in [3.63, 3.8) is 0 Å². The zero-order valence-corrected chi connectivity index (χ0v) is 15.4. The topological polar surface area (TPSA) is 76.5 Å². The summed E-state index contributed by atoms with van der Waals surface area (Å²) in [5, 5.41) is 10.3. The van der Waals surface area contributed by atoms with Gasteiger partial charge in [0.2, 0.25) is 0 Å². The lowest BCUT2D eigenvalue weighted by Crippen LogP contribution is -2.50. The molecule has 2 saturated heterocycles. The molecule has 2 aliphatic heterocycles. The predicted octanol–water partition coefficient (Wildman–Crippen LogP) is 2.98. The van der Waals surface area contributed by atoms with E-state index in [1.165, 1.54) is 0 Å². The van der Waals surface area contributed by atoms with Crippen LogP contribution in [0.2, 0.25) is 0 Å². The Morgan fingerprint density at radius 1 is 1.12 bits per heavy atom. The molecule has 2 aromatic rings. The quantitative estimate of drug-likeness (QED) is 0.892. The van der Waals surface area contributed by atoms with Crippen LogP contribution in [0.3, 0.4) is 0 Å². The average Bonchev–Trinajstić information content (AvgIpc) is 2.63. The van der Waals surface area contributed by atoms with Crippen LogP contribution in [0.5, 0.6) is 5.75 Å². The number of nitrogens with zero attached hydrogens (tertiary/aromatic N) is 1. The largest absolute Gasteiger partial charge is 0.487 e. The van der Waals surface area contributed by atoms with Gasteiger partial charge in [0, 0.05) is 11.8 Å². The number of rotatable bonds is 4. The molecular formula is C20H23NO4S. The molecule has 2 unspecified atom stereocenters. The van der Waals surface area contributed by atoms with Gasteiger partial charge >= 0.3 is 0 Å². The van der Waals surface area contributed by atoms with E-state index in [1.807, 2.05) is 30.3 Å². The van der Waals surface area contributed by atoms with Crippen LogP contribution in [0.15, 0.2) is 48.8 Å². The van der Waals surface area contributed by atoms with E-state index < -0.39 is 25.9 Å². The average molecular weight is 373 g/mol. The molecule has 0 saturated carbocycles. The van der Waals surface area contributed by atoms with Crippen LogP contribution < -0.4 is 4.74 Å². The van der Waals surface area contributed by atoms with Crippen molar-refractivity contribution < 1.29 is 18.3 Å². The van der Waals surface area contributed by atoms with Crippen molar-refractivity contribution in [2.75, 3.05) is 0 Å². The molecule has 2 aliphatic rings. The van der Waals surface area contributed by atoms with Crippen molar-refractivity contribution in [2.24, 2.45) is 0 Å². The zero-order valence-electron chi connectivity index (χ0n) is 14.5. The van der Waals surface area contributed by atoms with Crippen molar-refractivity contribution >= 4 is 9.84 Å². The van der Waals surface area contributed by atoms with E-state index in [-0.39, 0.29) is 12.8 Å². The molecule has 1 N–H and O–H groups in total. The standard InChI is InChI=1S/C20H23NO4S/c22-20(10-18-7-4-8-19(11-20)26(18,23)24)16-9-17(13-21-12-16)25-14-15-5-2-1-3-6-15/h1-3,5-6,9,12-13,18-19,22H,4,7-8,10-11,14H2. The summed E-state index contributed by atoms with van der Waals surface area (Å²) in [6.07, 6.45) is 5.94. The van der Waals surface area contributed by atoms with Crippen LogP contribution >= 0.6 is 0 Å². The Bertz CT molecular complexity index is 862. The highest BCUT2D eigenvalue weighted by Gasteiger charge is 2.51. The van der Waals surface area contributed by atoms with Crippen molar-refractivity contribution in [2.45, 2.75) is 54.8 Å². The van der Waals surface area contributed by atoms with E-state index >= 15 is 0 Å². The van der Waals surface area contributed by atoms with Gasteiger partial charge in [0.1, 0.15) is 12.4 Å². The van der Waals surface area contributed by atoms with Crippen LogP contribution in [0.4, 0.5) is 0 Å². The number of aromatic nitrogens is 1. The lowest BCUT2D eigenvalue weighted by Gasteiger charge is -2.43. The maximum Gasteiger partial charge on any atom is 0.156 e. The summed E-state index contributed by atoms with van der Waals surface area (Å²) in [7, 11) is -3.11. The molecule has 6 heteroatoms. The molecule has 3 heterocycles. The summed E-state index contributed by atoms with van der Waals surface area (Å²) in [6.45, 7) is 0.421. The van der Waals surface area contributed by atoms with Gasteiger partial charge in [-0.15, -0.1) is 0 Å². The van der Waals surface area contributed by atoms with Gasteiger partial charge in [0.05, 0.1) is 22.3 Å². The normalized spacial score (nSPS) is 29.9. The molecule has 5 nitrogen and oxygen atoms in total. The monoisotopic (exact) mass is 373 g/mol. The fourth-order valence-electron chi connectivity index (χ4n) is 4.18. The minimum Gasteiger partial charge on any atom is -0.487 e. The van der Waals surface area contributed by atoms with Gasteiger partial charge in [0.25, 0.3) is 0 Å². The first-order valence-corrected chi connectivity index (χ1v) is 10.7. The first kappa shape index (κ1) is 17.5. The maximum absolute atomic E-state index is 12.5. The van der Waals surface area contributed by atoms with Gasteiger partial charge < -0.3 is 9.84 Å². The van der Waals surface area contributed by atoms with Crippen LogP contribution in [0, 0.1) is 0 Å². The first-order chi connectivity index (χ1) is 12.5. The first-order valence-electron chi connectivity index (χ1n) is 9.05. The highest BCUT2D eigenvalue weighted by molar-refractivity contribution is 7.92. The van der Waals surface area contributed by atoms with Crippen molar-refractivity contribution in [1.29, 1.82) is 0 Å². The SMILES string of the molecule is O=S1(=O)C2CCCC1CC(O)(c1cncc(OCc3ccccc3)c1)C2. The molecule has 2 bridgehead atoms. The Labute approximate surface area is 154 Å². The lowest BCUT2D eigenvalue weighted by molar-refractivity contribution is 0.00446. The van der Waals surface area contributed by atoms with Gasteiger partial charge in [0.15, 0.2) is 9.84 Å². The molecule has 1 aromatic heterocycles. The molecule has 4 rings (SSSR count). The molecule has 0 aliphatic carbocycles. The number of benzene rings is 1. The number of ether oxygens (including phenoxy) is 1. The molecule has 0 radical (unpaired) electrons. The summed E-state index contributed by atoms with van der Waals surface area (Å²) in [6, 6.07) is 11.6. The summed E-state index contributed by atoms with van der Waals surface area (Å²) >= 11 is 0. The highest BCUT2D eigenvalue weighted by atomic mass is 32.2. The molecule has 138 valence electrons. The van der Waals surface area contributed by atoms with Gasteiger partial charge in [-0.05, 0) is 37.3 Å². The third-order valence-corrected chi connectivity index (χ3v) is 8.27. The number of sulfone groups is 1. The maximum atomic E-state index is 12.5. The predicted molar refractivity (Wildman–Crippen MR) is 98.5 cm³/mol. The molecule has 2 fully saturated rings. The Kier molecular flexibility index (Phi) is 4.49. The molecular weight excluding hydrogens is 350 g/mol. The Morgan fingerprint density at radius 2 is 1.81 bits per heavy atom. The van der Waals surface area contributed by atoms with Crippen molar-refractivity contribution in [3.8, 4) is 5.75 Å². The van der Waals surface area contributed by atoms with Gasteiger partial charge in [-0.1, -0.05) is 36.8 Å².